The summed E-state index contributed by atoms with van der Waals surface area (Å²) in [4.78, 5) is 0. The first-order valence-electron chi connectivity index (χ1n) is 4.26. The van der Waals surface area contributed by atoms with Crippen molar-refractivity contribution in [2.45, 2.75) is 25.6 Å². The lowest BCUT2D eigenvalue weighted by Crippen LogP contribution is -2.16. The van der Waals surface area contributed by atoms with Crippen molar-refractivity contribution in [3.63, 3.8) is 0 Å². The highest BCUT2D eigenvalue weighted by Crippen LogP contribution is 2.19. The van der Waals surface area contributed by atoms with Gasteiger partial charge in [0, 0.05) is 0 Å². The molecule has 0 amide bonds. The number of hydrogen-bond acceptors (Lipinski definition) is 2. The molecule has 2 N–H and O–H groups in total. The van der Waals surface area contributed by atoms with Gasteiger partial charge in [-0.1, -0.05) is 19.1 Å². The minimum Gasteiger partial charge on any atom is -0.390 e. The summed E-state index contributed by atoms with van der Waals surface area (Å²) >= 11 is 0. The fourth-order valence-electron chi connectivity index (χ4n) is 1.14. The quantitative estimate of drug-likeness (QED) is 0.749. The Labute approximate surface area is 76.6 Å². The van der Waals surface area contributed by atoms with Gasteiger partial charge in [-0.15, -0.1) is 0 Å². The first-order valence-corrected chi connectivity index (χ1v) is 4.26. The second-order valence-electron chi connectivity index (χ2n) is 2.98. The third-order valence-electron chi connectivity index (χ3n) is 1.97. The summed E-state index contributed by atoms with van der Waals surface area (Å²) in [5.41, 5.74) is 0.411. The van der Waals surface area contributed by atoms with E-state index in [2.05, 4.69) is 0 Å². The molecule has 0 spiro atoms. The normalized spacial score (nSPS) is 15.4. The minimum absolute atomic E-state index is 0.403. The van der Waals surface area contributed by atoms with Crippen molar-refractivity contribution in [1.82, 2.24) is 0 Å². The molecule has 0 saturated carbocycles. The zero-order valence-electron chi connectivity index (χ0n) is 7.44. The number of hydrogen-bond donors (Lipinski definition) is 2. The van der Waals surface area contributed by atoms with Crippen LogP contribution in [0.4, 0.5) is 4.39 Å². The van der Waals surface area contributed by atoms with Crippen LogP contribution in [0.1, 0.15) is 25.0 Å². The molecule has 0 saturated heterocycles. The summed E-state index contributed by atoms with van der Waals surface area (Å²) < 4.78 is 12.7. The van der Waals surface area contributed by atoms with E-state index in [0.717, 1.165) is 0 Å². The van der Waals surface area contributed by atoms with Gasteiger partial charge in [0.25, 0.3) is 0 Å². The van der Waals surface area contributed by atoms with Gasteiger partial charge in [-0.2, -0.15) is 0 Å². The molecule has 1 aromatic rings. The zero-order valence-corrected chi connectivity index (χ0v) is 7.44. The van der Waals surface area contributed by atoms with Gasteiger partial charge in [0.1, 0.15) is 11.9 Å². The van der Waals surface area contributed by atoms with Crippen molar-refractivity contribution in [3.8, 4) is 0 Å². The monoisotopic (exact) mass is 184 g/mol. The lowest BCUT2D eigenvalue weighted by atomic mass is 10.0. The van der Waals surface area contributed by atoms with Gasteiger partial charge in [0.2, 0.25) is 0 Å². The van der Waals surface area contributed by atoms with Crippen LogP contribution in [0.25, 0.3) is 0 Å². The Hall–Kier alpha value is -0.930. The smallest absolute Gasteiger partial charge is 0.123 e. The van der Waals surface area contributed by atoms with Crippen LogP contribution in [0, 0.1) is 5.82 Å². The molecule has 1 rings (SSSR count). The molecule has 0 heterocycles. The highest BCUT2D eigenvalue weighted by Gasteiger charge is 2.16. The van der Waals surface area contributed by atoms with Gasteiger partial charge in [0.05, 0.1) is 6.10 Å². The van der Waals surface area contributed by atoms with Crippen molar-refractivity contribution in [3.05, 3.63) is 35.6 Å². The fourth-order valence-corrected chi connectivity index (χ4v) is 1.14. The summed E-state index contributed by atoms with van der Waals surface area (Å²) in [6.07, 6.45) is -1.39. The Kier molecular flexibility index (Phi) is 3.39. The number of benzene rings is 1. The second kappa shape index (κ2) is 4.35. The van der Waals surface area contributed by atoms with Crippen molar-refractivity contribution < 1.29 is 14.6 Å². The zero-order chi connectivity index (χ0) is 9.84. The molecule has 0 bridgehead atoms. The molecular weight excluding hydrogens is 171 g/mol. The standard InChI is InChI=1S/C10H13FO2/c1-2-9(12)10(13)7-4-3-5-8(11)6-7/h3-6,9-10,12-13H,2H2,1H3/t9-,10-/m1/s1. The van der Waals surface area contributed by atoms with Gasteiger partial charge < -0.3 is 10.2 Å². The van der Waals surface area contributed by atoms with Crippen molar-refractivity contribution in [2.24, 2.45) is 0 Å². The highest BCUT2D eigenvalue weighted by molar-refractivity contribution is 5.19. The average Bonchev–Trinajstić information content (AvgIpc) is 2.15. The molecule has 0 aliphatic carbocycles. The fraction of sp³-hybridized carbons (Fsp3) is 0.400. The SMILES string of the molecule is CC[C@@H](O)[C@H](O)c1cccc(F)c1. The Bertz CT molecular complexity index is 275. The summed E-state index contributed by atoms with van der Waals surface area (Å²) in [5.74, 6) is -0.403. The van der Waals surface area contributed by atoms with Crippen LogP contribution in [0.15, 0.2) is 24.3 Å². The molecule has 13 heavy (non-hydrogen) atoms. The maximum atomic E-state index is 12.7. The van der Waals surface area contributed by atoms with E-state index in [1.165, 1.54) is 18.2 Å². The Morgan fingerprint density at radius 1 is 1.38 bits per heavy atom. The summed E-state index contributed by atoms with van der Waals surface area (Å²) in [6, 6.07) is 5.63. The summed E-state index contributed by atoms with van der Waals surface area (Å²) in [5, 5.41) is 18.8. The molecule has 0 aromatic heterocycles. The molecule has 0 aliphatic heterocycles. The summed E-state index contributed by atoms with van der Waals surface area (Å²) in [7, 11) is 0. The molecule has 1 aromatic carbocycles. The largest absolute Gasteiger partial charge is 0.390 e. The van der Waals surface area contributed by atoms with E-state index in [1.54, 1.807) is 13.0 Å². The van der Waals surface area contributed by atoms with Gasteiger partial charge >= 0.3 is 0 Å². The molecule has 3 heteroatoms. The average molecular weight is 184 g/mol. The van der Waals surface area contributed by atoms with E-state index in [4.69, 9.17) is 0 Å². The van der Waals surface area contributed by atoms with Gasteiger partial charge in [-0.3, -0.25) is 0 Å². The third kappa shape index (κ3) is 2.50. The number of aliphatic hydroxyl groups is 2. The Morgan fingerprint density at radius 2 is 2.08 bits per heavy atom. The predicted molar refractivity (Wildman–Crippen MR) is 47.7 cm³/mol. The van der Waals surface area contributed by atoms with Crippen LogP contribution in [0.3, 0.4) is 0 Å². The molecule has 0 radical (unpaired) electrons. The molecule has 0 fully saturated rings. The van der Waals surface area contributed by atoms with E-state index in [1.807, 2.05) is 0 Å². The minimum atomic E-state index is -0.999. The van der Waals surface area contributed by atoms with Crippen LogP contribution >= 0.6 is 0 Å². The van der Waals surface area contributed by atoms with Crippen LogP contribution in [0.2, 0.25) is 0 Å². The second-order valence-corrected chi connectivity index (χ2v) is 2.98. The van der Waals surface area contributed by atoms with Crippen LogP contribution < -0.4 is 0 Å². The van der Waals surface area contributed by atoms with E-state index in [0.29, 0.717) is 12.0 Å². The van der Waals surface area contributed by atoms with Crippen LogP contribution in [0.5, 0.6) is 0 Å². The molecule has 0 unspecified atom stereocenters. The van der Waals surface area contributed by atoms with Gasteiger partial charge in [-0.25, -0.2) is 4.39 Å². The molecule has 72 valence electrons. The molecule has 2 nitrogen and oxygen atoms in total. The number of halogens is 1. The summed E-state index contributed by atoms with van der Waals surface area (Å²) in [6.45, 7) is 1.76. The van der Waals surface area contributed by atoms with E-state index in [-0.39, 0.29) is 0 Å². The van der Waals surface area contributed by atoms with E-state index < -0.39 is 18.0 Å². The molecule has 0 aliphatic rings. The van der Waals surface area contributed by atoms with Crippen LogP contribution in [-0.4, -0.2) is 16.3 Å². The lowest BCUT2D eigenvalue weighted by Gasteiger charge is -2.16. The topological polar surface area (TPSA) is 40.5 Å². The number of aliphatic hydroxyl groups excluding tert-OH is 2. The van der Waals surface area contributed by atoms with E-state index in [9.17, 15) is 14.6 Å². The van der Waals surface area contributed by atoms with Crippen LogP contribution in [-0.2, 0) is 0 Å². The molecule has 2 atom stereocenters. The van der Waals surface area contributed by atoms with Crippen molar-refractivity contribution in [1.29, 1.82) is 0 Å². The first-order chi connectivity index (χ1) is 6.15. The predicted octanol–water partition coefficient (Wildman–Crippen LogP) is 1.63. The maximum absolute atomic E-state index is 12.7. The Morgan fingerprint density at radius 3 is 2.62 bits per heavy atom. The first kappa shape index (κ1) is 10.2. The maximum Gasteiger partial charge on any atom is 0.123 e. The van der Waals surface area contributed by atoms with E-state index >= 15 is 0 Å². The Balaban J connectivity index is 2.82. The van der Waals surface area contributed by atoms with Gasteiger partial charge in [0.15, 0.2) is 0 Å². The number of rotatable bonds is 3. The van der Waals surface area contributed by atoms with Gasteiger partial charge in [-0.05, 0) is 24.1 Å². The highest BCUT2D eigenvalue weighted by atomic mass is 19.1. The van der Waals surface area contributed by atoms with Crippen molar-refractivity contribution in [2.75, 3.05) is 0 Å². The lowest BCUT2D eigenvalue weighted by molar-refractivity contribution is 0.0163. The molecular formula is C10H13FO2. The third-order valence-corrected chi connectivity index (χ3v) is 1.97. The van der Waals surface area contributed by atoms with Crippen molar-refractivity contribution >= 4 is 0 Å².